The molecular formula is C36H40N14O. The van der Waals surface area contributed by atoms with Crippen LogP contribution >= 0.6 is 0 Å². The van der Waals surface area contributed by atoms with E-state index in [1.54, 1.807) is 0 Å². The van der Waals surface area contributed by atoms with E-state index in [4.69, 9.17) is 11.5 Å². The molecule has 11 N–H and O–H groups in total. The fourth-order valence-corrected chi connectivity index (χ4v) is 4.93. The number of aliphatic hydroxyl groups is 1. The van der Waals surface area contributed by atoms with E-state index in [-0.39, 0.29) is 6.61 Å². The third kappa shape index (κ3) is 10.6. The molecule has 0 unspecified atom stereocenters. The molecule has 0 spiro atoms. The summed E-state index contributed by atoms with van der Waals surface area (Å²) in [6.07, 6.45) is 1.48. The van der Waals surface area contributed by atoms with Gasteiger partial charge in [0.1, 0.15) is 0 Å². The van der Waals surface area contributed by atoms with Gasteiger partial charge in [0.2, 0.25) is 35.7 Å². The smallest absolute Gasteiger partial charge is 0.233 e. The Morgan fingerprint density at radius 3 is 1.43 bits per heavy atom. The largest absolute Gasteiger partial charge is 0.399 e. The van der Waals surface area contributed by atoms with Crippen molar-refractivity contribution in [1.29, 1.82) is 0 Å². The Morgan fingerprint density at radius 1 is 0.431 bits per heavy atom. The Labute approximate surface area is 295 Å². The van der Waals surface area contributed by atoms with E-state index in [0.717, 1.165) is 46.7 Å². The van der Waals surface area contributed by atoms with Gasteiger partial charge in [-0.2, -0.15) is 29.9 Å². The number of aliphatic hydroxyl groups excluding tert-OH is 1. The van der Waals surface area contributed by atoms with Crippen molar-refractivity contribution in [2.24, 2.45) is 0 Å². The fourth-order valence-electron chi connectivity index (χ4n) is 4.93. The number of nitrogen functional groups attached to an aromatic ring is 2. The number of nitrogens with two attached hydrogens (primary N) is 2. The minimum atomic E-state index is -0.0430. The third-order valence-electron chi connectivity index (χ3n) is 7.42. The van der Waals surface area contributed by atoms with Crippen LogP contribution in [-0.4, -0.2) is 61.3 Å². The van der Waals surface area contributed by atoms with Gasteiger partial charge in [0, 0.05) is 48.1 Å². The number of anilines is 11. The van der Waals surface area contributed by atoms with Gasteiger partial charge in [-0.25, -0.2) is 0 Å². The molecule has 0 saturated carbocycles. The van der Waals surface area contributed by atoms with E-state index in [0.29, 0.717) is 61.0 Å². The Balaban J connectivity index is 1.09. The van der Waals surface area contributed by atoms with E-state index in [1.807, 2.05) is 103 Å². The van der Waals surface area contributed by atoms with Gasteiger partial charge >= 0.3 is 0 Å². The topological polar surface area (TPSA) is 222 Å². The van der Waals surface area contributed by atoms with Crippen molar-refractivity contribution in [2.45, 2.75) is 12.8 Å². The maximum atomic E-state index is 9.24. The molecule has 0 fully saturated rings. The molecule has 15 heteroatoms. The van der Waals surface area contributed by atoms with Crippen LogP contribution in [-0.2, 0) is 12.8 Å². The van der Waals surface area contributed by atoms with Gasteiger partial charge < -0.3 is 48.5 Å². The molecule has 0 aliphatic carbocycles. The summed E-state index contributed by atoms with van der Waals surface area (Å²) in [5.41, 5.74) is 17.8. The minimum absolute atomic E-state index is 0.0430. The van der Waals surface area contributed by atoms with Crippen molar-refractivity contribution in [3.63, 3.8) is 0 Å². The van der Waals surface area contributed by atoms with Gasteiger partial charge in [0.15, 0.2) is 0 Å². The maximum Gasteiger partial charge on any atom is 0.233 e. The summed E-state index contributed by atoms with van der Waals surface area (Å²) in [5.74, 6) is 2.33. The van der Waals surface area contributed by atoms with Crippen LogP contribution in [0.25, 0.3) is 0 Å². The van der Waals surface area contributed by atoms with Gasteiger partial charge in [-0.3, -0.25) is 0 Å². The number of hydrogen-bond donors (Lipinski definition) is 9. The number of benzene rings is 4. The molecular weight excluding hydrogens is 644 g/mol. The lowest BCUT2D eigenvalue weighted by Gasteiger charge is -2.12. The summed E-state index contributed by atoms with van der Waals surface area (Å²) in [7, 11) is 0. The lowest BCUT2D eigenvalue weighted by atomic mass is 10.1. The molecule has 0 amide bonds. The molecule has 6 rings (SSSR count). The predicted molar refractivity (Wildman–Crippen MR) is 204 cm³/mol. The van der Waals surface area contributed by atoms with Crippen LogP contribution < -0.4 is 43.4 Å². The molecule has 260 valence electrons. The van der Waals surface area contributed by atoms with Gasteiger partial charge in [0.05, 0.1) is 6.61 Å². The van der Waals surface area contributed by atoms with E-state index in [2.05, 4.69) is 61.8 Å². The van der Waals surface area contributed by atoms with Gasteiger partial charge in [-0.15, -0.1) is 0 Å². The first-order chi connectivity index (χ1) is 25.0. The molecule has 2 heterocycles. The summed E-state index contributed by atoms with van der Waals surface area (Å²) in [6.45, 7) is 1.47. The first-order valence-electron chi connectivity index (χ1n) is 16.5. The average Bonchev–Trinajstić information content (AvgIpc) is 3.13. The summed E-state index contributed by atoms with van der Waals surface area (Å²) >= 11 is 0. The van der Waals surface area contributed by atoms with Gasteiger partial charge in [-0.1, -0.05) is 48.5 Å². The summed E-state index contributed by atoms with van der Waals surface area (Å²) in [4.78, 5) is 27.2. The van der Waals surface area contributed by atoms with Crippen molar-refractivity contribution in [3.05, 3.63) is 114 Å². The Bertz CT molecular complexity index is 1990. The molecule has 4 aromatic carbocycles. The molecule has 0 atom stereocenters. The standard InChI is InChI=1S/C36H40N14O/c37-26-13-9-24(10-14-26)17-19-40-32-47-35(50-36(48-32)44-30-8-4-5-27(38)23-30)43-29-15-11-25(12-16-29)18-20-39-31-45-33(41-21-22-51)49-34(46-31)42-28-6-2-1-3-7-28/h1-16,23,51H,17-22,37-38H2,(H3,39,41,42,45,46,49)(H3,40,43,44,47,48,50). The second-order valence-electron chi connectivity index (χ2n) is 11.4. The number of nitrogens with zero attached hydrogens (tertiary/aromatic N) is 6. The summed E-state index contributed by atoms with van der Waals surface area (Å²) < 4.78 is 0. The average molecular weight is 685 g/mol. The van der Waals surface area contributed by atoms with Crippen molar-refractivity contribution in [2.75, 3.05) is 69.6 Å². The highest BCUT2D eigenvalue weighted by atomic mass is 16.3. The summed E-state index contributed by atoms with van der Waals surface area (Å²) in [5, 5.41) is 28.5. The molecule has 0 bridgehead atoms. The highest BCUT2D eigenvalue weighted by Crippen LogP contribution is 2.21. The maximum absolute atomic E-state index is 9.24. The first-order valence-corrected chi connectivity index (χ1v) is 16.5. The number of nitrogens with one attached hydrogen (secondary N) is 6. The number of hydrogen-bond acceptors (Lipinski definition) is 15. The molecule has 0 saturated heterocycles. The van der Waals surface area contributed by atoms with Crippen LogP contribution in [0, 0.1) is 0 Å². The minimum Gasteiger partial charge on any atom is -0.399 e. The monoisotopic (exact) mass is 684 g/mol. The van der Waals surface area contributed by atoms with E-state index >= 15 is 0 Å². The molecule has 2 aromatic heterocycles. The number of aromatic nitrogens is 6. The van der Waals surface area contributed by atoms with Crippen LogP contribution in [0.2, 0.25) is 0 Å². The Kier molecular flexibility index (Phi) is 11.4. The van der Waals surface area contributed by atoms with Gasteiger partial charge in [-0.05, 0) is 78.6 Å². The molecule has 15 nitrogen and oxygen atoms in total. The van der Waals surface area contributed by atoms with Crippen LogP contribution in [0.3, 0.4) is 0 Å². The molecule has 6 aromatic rings. The first kappa shape index (κ1) is 34.1. The van der Waals surface area contributed by atoms with Crippen molar-refractivity contribution in [3.8, 4) is 0 Å². The quantitative estimate of drug-likeness (QED) is 0.0566. The normalized spacial score (nSPS) is 10.7. The fraction of sp³-hybridized carbons (Fsp3) is 0.167. The SMILES string of the molecule is Nc1ccc(CCNc2nc(Nc3ccc(CCNc4nc(NCCO)nc(Nc5ccccc5)n4)cc3)nc(Nc3cccc(N)c3)n2)cc1. The van der Waals surface area contributed by atoms with Crippen LogP contribution in [0.1, 0.15) is 11.1 Å². The molecule has 51 heavy (non-hydrogen) atoms. The van der Waals surface area contributed by atoms with Crippen LogP contribution in [0.4, 0.5) is 64.1 Å². The van der Waals surface area contributed by atoms with Gasteiger partial charge in [0.25, 0.3) is 0 Å². The molecule has 0 aliphatic rings. The number of para-hydroxylation sites is 1. The lowest BCUT2D eigenvalue weighted by molar-refractivity contribution is 0.311. The highest BCUT2D eigenvalue weighted by Gasteiger charge is 2.10. The molecule has 0 radical (unpaired) electrons. The van der Waals surface area contributed by atoms with Crippen molar-refractivity contribution < 1.29 is 5.11 Å². The zero-order valence-corrected chi connectivity index (χ0v) is 27.8. The van der Waals surface area contributed by atoms with E-state index in [9.17, 15) is 5.11 Å². The second kappa shape index (κ2) is 17.1. The van der Waals surface area contributed by atoms with E-state index < -0.39 is 0 Å². The summed E-state index contributed by atoms with van der Waals surface area (Å²) in [6, 6.07) is 32.8. The Hall–Kier alpha value is -6.74. The Morgan fingerprint density at radius 2 is 0.882 bits per heavy atom. The number of rotatable bonds is 17. The molecule has 0 aliphatic heterocycles. The zero-order chi connectivity index (χ0) is 35.3. The predicted octanol–water partition coefficient (Wildman–Crippen LogP) is 5.17. The van der Waals surface area contributed by atoms with Crippen molar-refractivity contribution in [1.82, 2.24) is 29.9 Å². The van der Waals surface area contributed by atoms with Crippen molar-refractivity contribution >= 4 is 64.1 Å². The van der Waals surface area contributed by atoms with Crippen LogP contribution in [0.15, 0.2) is 103 Å². The second-order valence-corrected chi connectivity index (χ2v) is 11.4. The highest BCUT2D eigenvalue weighted by molar-refractivity contribution is 5.62. The van der Waals surface area contributed by atoms with E-state index in [1.165, 1.54) is 0 Å². The third-order valence-corrected chi connectivity index (χ3v) is 7.42. The lowest BCUT2D eigenvalue weighted by Crippen LogP contribution is -2.14. The zero-order valence-electron chi connectivity index (χ0n) is 27.8. The van der Waals surface area contributed by atoms with Crippen LogP contribution in [0.5, 0.6) is 0 Å².